The number of halogens is 1. The minimum absolute atomic E-state index is 0.353. The summed E-state index contributed by atoms with van der Waals surface area (Å²) in [7, 11) is 1.79. The van der Waals surface area contributed by atoms with E-state index in [2.05, 4.69) is 34.4 Å². The summed E-state index contributed by atoms with van der Waals surface area (Å²) in [6, 6.07) is 0.353. The van der Waals surface area contributed by atoms with Crippen molar-refractivity contribution < 1.29 is 0 Å². The van der Waals surface area contributed by atoms with E-state index >= 15 is 0 Å². The molecule has 0 amide bonds. The number of thioether (sulfide) groups is 1. The van der Waals surface area contributed by atoms with Crippen molar-refractivity contribution in [3.63, 3.8) is 0 Å². The van der Waals surface area contributed by atoms with Gasteiger partial charge in [0.15, 0.2) is 5.82 Å². The minimum Gasteiger partial charge on any atom is -0.366 e. The maximum atomic E-state index is 6.04. The number of hydrogen-bond donors (Lipinski definition) is 2. The van der Waals surface area contributed by atoms with Crippen molar-refractivity contribution in [1.29, 1.82) is 0 Å². The van der Waals surface area contributed by atoms with Crippen molar-refractivity contribution in [3.8, 4) is 0 Å². The lowest BCUT2D eigenvalue weighted by Crippen LogP contribution is -2.17. The lowest BCUT2D eigenvalue weighted by atomic mass is 10.2. The Morgan fingerprint density at radius 2 is 2.29 bits per heavy atom. The largest absolute Gasteiger partial charge is 0.366 e. The van der Waals surface area contributed by atoms with Gasteiger partial charge in [0.05, 0.1) is 6.20 Å². The lowest BCUT2D eigenvalue weighted by Gasteiger charge is -2.15. The van der Waals surface area contributed by atoms with Gasteiger partial charge in [0.25, 0.3) is 0 Å². The fraction of sp³-hybridized carbons (Fsp3) is 0.636. The van der Waals surface area contributed by atoms with Crippen LogP contribution in [-0.4, -0.2) is 34.6 Å². The number of rotatable bonds is 7. The molecule has 0 aromatic carbocycles. The van der Waals surface area contributed by atoms with Gasteiger partial charge in [0, 0.05) is 13.1 Å². The smallest absolute Gasteiger partial charge is 0.224 e. The number of anilines is 2. The van der Waals surface area contributed by atoms with Crippen LogP contribution < -0.4 is 10.6 Å². The van der Waals surface area contributed by atoms with Gasteiger partial charge in [-0.25, -0.2) is 4.98 Å². The van der Waals surface area contributed by atoms with Crippen LogP contribution in [0, 0.1) is 0 Å². The Balaban J connectivity index is 2.54. The van der Waals surface area contributed by atoms with Crippen LogP contribution in [-0.2, 0) is 0 Å². The SMILES string of the molecule is CCSCCC(C)Nc1nc(NC)ncc1Cl. The minimum atomic E-state index is 0.353. The van der Waals surface area contributed by atoms with Gasteiger partial charge >= 0.3 is 0 Å². The van der Waals surface area contributed by atoms with Crippen LogP contribution in [0.25, 0.3) is 0 Å². The predicted octanol–water partition coefficient (Wildman–Crippen LogP) is 3.12. The van der Waals surface area contributed by atoms with E-state index in [1.54, 1.807) is 13.2 Å². The molecule has 0 bridgehead atoms. The molecule has 6 heteroatoms. The molecule has 1 aromatic rings. The van der Waals surface area contributed by atoms with Gasteiger partial charge < -0.3 is 10.6 Å². The van der Waals surface area contributed by atoms with Gasteiger partial charge in [-0.2, -0.15) is 16.7 Å². The van der Waals surface area contributed by atoms with Gasteiger partial charge in [-0.1, -0.05) is 18.5 Å². The van der Waals surface area contributed by atoms with Gasteiger partial charge in [0.1, 0.15) is 5.02 Å². The Bertz CT molecular complexity index is 348. The summed E-state index contributed by atoms with van der Waals surface area (Å²) in [5.41, 5.74) is 0. The van der Waals surface area contributed by atoms with E-state index in [1.165, 1.54) is 0 Å². The summed E-state index contributed by atoms with van der Waals surface area (Å²) in [6.45, 7) is 4.30. The van der Waals surface area contributed by atoms with Crippen LogP contribution in [0.4, 0.5) is 11.8 Å². The zero-order valence-electron chi connectivity index (χ0n) is 10.5. The van der Waals surface area contributed by atoms with Crippen LogP contribution in [0.1, 0.15) is 20.3 Å². The molecule has 1 aromatic heterocycles. The molecule has 0 aliphatic rings. The molecule has 0 aliphatic carbocycles. The molecule has 1 unspecified atom stereocenters. The van der Waals surface area contributed by atoms with Crippen molar-refractivity contribution in [2.45, 2.75) is 26.3 Å². The molecule has 0 spiro atoms. The normalized spacial score (nSPS) is 12.2. The standard InChI is InChI=1S/C11H19ClN4S/c1-4-17-6-5-8(2)15-10-9(12)7-14-11(13-3)16-10/h7-8H,4-6H2,1-3H3,(H2,13,14,15,16). The van der Waals surface area contributed by atoms with Crippen LogP contribution >= 0.6 is 23.4 Å². The molecule has 0 aliphatic heterocycles. The van der Waals surface area contributed by atoms with Crippen molar-refractivity contribution >= 4 is 35.1 Å². The van der Waals surface area contributed by atoms with Crippen molar-refractivity contribution in [2.24, 2.45) is 0 Å². The summed E-state index contributed by atoms with van der Waals surface area (Å²) in [4.78, 5) is 8.33. The molecule has 0 fully saturated rings. The molecular formula is C11H19ClN4S. The fourth-order valence-electron chi connectivity index (χ4n) is 1.30. The zero-order valence-corrected chi connectivity index (χ0v) is 12.0. The Morgan fingerprint density at radius 1 is 1.53 bits per heavy atom. The first kappa shape index (κ1) is 14.4. The molecule has 0 saturated carbocycles. The zero-order chi connectivity index (χ0) is 12.7. The topological polar surface area (TPSA) is 49.8 Å². The Morgan fingerprint density at radius 3 is 2.94 bits per heavy atom. The Hall–Kier alpha value is -0.680. The second-order valence-corrected chi connectivity index (χ2v) is 5.47. The molecule has 0 radical (unpaired) electrons. The number of aromatic nitrogens is 2. The van der Waals surface area contributed by atoms with E-state index in [1.807, 2.05) is 11.8 Å². The lowest BCUT2D eigenvalue weighted by molar-refractivity contribution is 0.766. The second kappa shape index (κ2) is 7.61. The molecule has 1 atom stereocenters. The summed E-state index contributed by atoms with van der Waals surface area (Å²) >= 11 is 7.98. The monoisotopic (exact) mass is 274 g/mol. The number of hydrogen-bond acceptors (Lipinski definition) is 5. The average molecular weight is 275 g/mol. The average Bonchev–Trinajstić information content (AvgIpc) is 2.32. The van der Waals surface area contributed by atoms with Gasteiger partial charge in [0.2, 0.25) is 5.95 Å². The third kappa shape index (κ3) is 5.00. The highest BCUT2D eigenvalue weighted by Crippen LogP contribution is 2.20. The second-order valence-electron chi connectivity index (χ2n) is 3.67. The van der Waals surface area contributed by atoms with E-state index in [9.17, 15) is 0 Å². The third-order valence-electron chi connectivity index (χ3n) is 2.25. The van der Waals surface area contributed by atoms with E-state index in [0.29, 0.717) is 22.8 Å². The number of nitrogens with zero attached hydrogens (tertiary/aromatic N) is 2. The van der Waals surface area contributed by atoms with Crippen molar-refractivity contribution in [2.75, 3.05) is 29.2 Å². The number of nitrogens with one attached hydrogen (secondary N) is 2. The fourth-order valence-corrected chi connectivity index (χ4v) is 2.25. The summed E-state index contributed by atoms with van der Waals surface area (Å²) in [5.74, 6) is 3.57. The molecule has 1 rings (SSSR count). The Labute approximate surface area is 112 Å². The Kier molecular flexibility index (Phi) is 6.44. The quantitative estimate of drug-likeness (QED) is 0.748. The predicted molar refractivity (Wildman–Crippen MR) is 77.3 cm³/mol. The molecule has 0 saturated heterocycles. The highest BCUT2D eigenvalue weighted by atomic mass is 35.5. The summed E-state index contributed by atoms with van der Waals surface area (Å²) in [6.07, 6.45) is 2.70. The van der Waals surface area contributed by atoms with Gasteiger partial charge in [-0.15, -0.1) is 0 Å². The van der Waals surface area contributed by atoms with Crippen molar-refractivity contribution in [1.82, 2.24) is 9.97 Å². The van der Waals surface area contributed by atoms with E-state index in [0.717, 1.165) is 17.9 Å². The van der Waals surface area contributed by atoms with Crippen molar-refractivity contribution in [3.05, 3.63) is 11.2 Å². The molecule has 1 heterocycles. The van der Waals surface area contributed by atoms with E-state index in [4.69, 9.17) is 11.6 Å². The van der Waals surface area contributed by atoms with E-state index in [-0.39, 0.29) is 0 Å². The summed E-state index contributed by atoms with van der Waals surface area (Å²) < 4.78 is 0. The van der Waals surface area contributed by atoms with E-state index < -0.39 is 0 Å². The third-order valence-corrected chi connectivity index (χ3v) is 3.46. The van der Waals surface area contributed by atoms with Gasteiger partial charge in [-0.05, 0) is 24.9 Å². The highest BCUT2D eigenvalue weighted by Gasteiger charge is 2.08. The molecule has 2 N–H and O–H groups in total. The highest BCUT2D eigenvalue weighted by molar-refractivity contribution is 7.99. The summed E-state index contributed by atoms with van der Waals surface area (Å²) in [5, 5.41) is 6.76. The van der Waals surface area contributed by atoms with Crippen LogP contribution in [0.15, 0.2) is 6.20 Å². The molecule has 17 heavy (non-hydrogen) atoms. The maximum absolute atomic E-state index is 6.04. The molecule has 96 valence electrons. The maximum Gasteiger partial charge on any atom is 0.224 e. The first-order chi connectivity index (χ1) is 8.17. The van der Waals surface area contributed by atoms with Crippen LogP contribution in [0.2, 0.25) is 5.02 Å². The van der Waals surface area contributed by atoms with Gasteiger partial charge in [-0.3, -0.25) is 0 Å². The molecule has 4 nitrogen and oxygen atoms in total. The molecular weight excluding hydrogens is 256 g/mol. The van der Waals surface area contributed by atoms with Crippen LogP contribution in [0.3, 0.4) is 0 Å². The first-order valence-corrected chi connectivity index (χ1v) is 7.25. The first-order valence-electron chi connectivity index (χ1n) is 5.72. The van der Waals surface area contributed by atoms with Crippen LogP contribution in [0.5, 0.6) is 0 Å².